The van der Waals surface area contributed by atoms with Crippen LogP contribution in [0.2, 0.25) is 0 Å². The van der Waals surface area contributed by atoms with Gasteiger partial charge in [-0.05, 0) is 31.3 Å². The molecular formula is C11H17NO2. The first-order valence-corrected chi connectivity index (χ1v) is 5.35. The van der Waals surface area contributed by atoms with Gasteiger partial charge in [0.1, 0.15) is 0 Å². The highest BCUT2D eigenvalue weighted by Crippen LogP contribution is 2.38. The van der Waals surface area contributed by atoms with E-state index >= 15 is 0 Å². The lowest BCUT2D eigenvalue weighted by Gasteiger charge is -2.12. The molecule has 0 aromatic carbocycles. The predicted octanol–water partition coefficient (Wildman–Crippen LogP) is 1.25. The number of ether oxygens (including phenoxy) is 1. The molecule has 0 bridgehead atoms. The third-order valence-corrected chi connectivity index (χ3v) is 3.21. The molecule has 1 heterocycles. The Hall–Kier alpha value is -0.830. The van der Waals surface area contributed by atoms with Gasteiger partial charge in [-0.2, -0.15) is 0 Å². The maximum absolute atomic E-state index is 10.9. The highest BCUT2D eigenvalue weighted by molar-refractivity contribution is 5.86. The Balaban J connectivity index is 1.74. The molecular weight excluding hydrogens is 178 g/mol. The maximum atomic E-state index is 10.9. The van der Waals surface area contributed by atoms with Crippen LogP contribution in [0, 0.1) is 5.92 Å². The topological polar surface area (TPSA) is 38.3 Å². The van der Waals surface area contributed by atoms with Crippen molar-refractivity contribution in [2.75, 3.05) is 6.54 Å². The van der Waals surface area contributed by atoms with Crippen molar-refractivity contribution < 1.29 is 9.53 Å². The molecule has 3 nitrogen and oxygen atoms in total. The SMILES string of the molecule is C=CC(=O)NCC1CC2CCCC2O1. The van der Waals surface area contributed by atoms with Gasteiger partial charge in [-0.3, -0.25) is 4.79 Å². The molecule has 3 heteroatoms. The van der Waals surface area contributed by atoms with Crippen LogP contribution in [-0.4, -0.2) is 24.7 Å². The first-order valence-electron chi connectivity index (χ1n) is 5.35. The molecule has 1 amide bonds. The van der Waals surface area contributed by atoms with E-state index in [0.29, 0.717) is 12.6 Å². The maximum Gasteiger partial charge on any atom is 0.243 e. The van der Waals surface area contributed by atoms with E-state index in [0.717, 1.165) is 12.3 Å². The van der Waals surface area contributed by atoms with Crippen LogP contribution in [0.15, 0.2) is 12.7 Å². The fourth-order valence-electron chi connectivity index (χ4n) is 2.51. The zero-order valence-electron chi connectivity index (χ0n) is 8.37. The summed E-state index contributed by atoms with van der Waals surface area (Å²) in [6.45, 7) is 4.05. The van der Waals surface area contributed by atoms with Crippen molar-refractivity contribution in [3.63, 3.8) is 0 Å². The van der Waals surface area contributed by atoms with Crippen LogP contribution >= 0.6 is 0 Å². The third kappa shape index (κ3) is 1.98. The van der Waals surface area contributed by atoms with E-state index in [2.05, 4.69) is 11.9 Å². The largest absolute Gasteiger partial charge is 0.373 e. The Bertz CT molecular complexity index is 227. The second-order valence-corrected chi connectivity index (χ2v) is 4.17. The number of hydrogen-bond donors (Lipinski definition) is 1. The molecule has 14 heavy (non-hydrogen) atoms. The molecule has 1 saturated carbocycles. The fraction of sp³-hybridized carbons (Fsp3) is 0.727. The number of hydrogen-bond acceptors (Lipinski definition) is 2. The molecule has 0 spiro atoms. The minimum absolute atomic E-state index is 0.106. The second-order valence-electron chi connectivity index (χ2n) is 4.17. The van der Waals surface area contributed by atoms with Gasteiger partial charge in [0.2, 0.25) is 5.91 Å². The Morgan fingerprint density at radius 2 is 2.43 bits per heavy atom. The van der Waals surface area contributed by atoms with Crippen molar-refractivity contribution in [2.24, 2.45) is 5.92 Å². The van der Waals surface area contributed by atoms with E-state index < -0.39 is 0 Å². The smallest absolute Gasteiger partial charge is 0.243 e. The van der Waals surface area contributed by atoms with Gasteiger partial charge in [0.05, 0.1) is 12.2 Å². The van der Waals surface area contributed by atoms with E-state index in [4.69, 9.17) is 4.74 Å². The fourth-order valence-corrected chi connectivity index (χ4v) is 2.51. The van der Waals surface area contributed by atoms with Crippen molar-refractivity contribution in [3.8, 4) is 0 Å². The number of fused-ring (bicyclic) bond motifs is 1. The summed E-state index contributed by atoms with van der Waals surface area (Å²) in [5, 5.41) is 2.78. The van der Waals surface area contributed by atoms with Crippen molar-refractivity contribution >= 4 is 5.91 Å². The van der Waals surface area contributed by atoms with Gasteiger partial charge in [-0.1, -0.05) is 13.0 Å². The number of amides is 1. The minimum atomic E-state index is -0.106. The molecule has 1 aliphatic carbocycles. The van der Waals surface area contributed by atoms with Gasteiger partial charge in [0.25, 0.3) is 0 Å². The van der Waals surface area contributed by atoms with E-state index in [9.17, 15) is 4.79 Å². The Morgan fingerprint density at radius 1 is 1.57 bits per heavy atom. The summed E-state index contributed by atoms with van der Waals surface area (Å²) in [4.78, 5) is 10.9. The summed E-state index contributed by atoms with van der Waals surface area (Å²) in [5.41, 5.74) is 0. The Kier molecular flexibility index (Phi) is 2.87. The molecule has 2 fully saturated rings. The van der Waals surface area contributed by atoms with E-state index in [1.807, 2.05) is 0 Å². The minimum Gasteiger partial charge on any atom is -0.373 e. The lowest BCUT2D eigenvalue weighted by atomic mass is 10.0. The van der Waals surface area contributed by atoms with Crippen LogP contribution in [-0.2, 0) is 9.53 Å². The monoisotopic (exact) mass is 195 g/mol. The van der Waals surface area contributed by atoms with Gasteiger partial charge in [-0.25, -0.2) is 0 Å². The molecule has 1 saturated heterocycles. The van der Waals surface area contributed by atoms with Gasteiger partial charge in [0, 0.05) is 6.54 Å². The van der Waals surface area contributed by atoms with Crippen LogP contribution in [0.4, 0.5) is 0 Å². The van der Waals surface area contributed by atoms with Crippen LogP contribution in [0.1, 0.15) is 25.7 Å². The van der Waals surface area contributed by atoms with E-state index in [1.165, 1.54) is 25.3 Å². The number of carbonyl (C=O) groups is 1. The molecule has 2 rings (SSSR count). The summed E-state index contributed by atoms with van der Waals surface area (Å²) < 4.78 is 5.83. The number of nitrogens with one attached hydrogen (secondary N) is 1. The highest BCUT2D eigenvalue weighted by Gasteiger charge is 2.37. The van der Waals surface area contributed by atoms with Crippen molar-refractivity contribution in [2.45, 2.75) is 37.9 Å². The number of rotatable bonds is 3. The number of carbonyl (C=O) groups excluding carboxylic acids is 1. The zero-order chi connectivity index (χ0) is 9.97. The molecule has 3 atom stereocenters. The lowest BCUT2D eigenvalue weighted by molar-refractivity contribution is -0.117. The van der Waals surface area contributed by atoms with Gasteiger partial charge in [-0.15, -0.1) is 0 Å². The Morgan fingerprint density at radius 3 is 3.14 bits per heavy atom. The average Bonchev–Trinajstić information content (AvgIpc) is 2.73. The van der Waals surface area contributed by atoms with E-state index in [-0.39, 0.29) is 12.0 Å². The molecule has 1 N–H and O–H groups in total. The van der Waals surface area contributed by atoms with Gasteiger partial charge in [0.15, 0.2) is 0 Å². The summed E-state index contributed by atoms with van der Waals surface area (Å²) in [6.07, 6.45) is 6.93. The summed E-state index contributed by atoms with van der Waals surface area (Å²) >= 11 is 0. The Labute approximate surface area is 84.5 Å². The first-order chi connectivity index (χ1) is 6.79. The average molecular weight is 195 g/mol. The molecule has 0 aromatic rings. The van der Waals surface area contributed by atoms with Gasteiger partial charge < -0.3 is 10.1 Å². The van der Waals surface area contributed by atoms with Crippen molar-refractivity contribution in [3.05, 3.63) is 12.7 Å². The second kappa shape index (κ2) is 4.13. The first kappa shape index (κ1) is 9.71. The summed E-state index contributed by atoms with van der Waals surface area (Å²) in [5.74, 6) is 0.645. The molecule has 0 aromatic heterocycles. The van der Waals surface area contributed by atoms with Gasteiger partial charge >= 0.3 is 0 Å². The molecule has 3 unspecified atom stereocenters. The van der Waals surface area contributed by atoms with Crippen molar-refractivity contribution in [1.82, 2.24) is 5.32 Å². The van der Waals surface area contributed by atoms with Crippen LogP contribution < -0.4 is 5.32 Å². The summed E-state index contributed by atoms with van der Waals surface area (Å²) in [6, 6.07) is 0. The summed E-state index contributed by atoms with van der Waals surface area (Å²) in [7, 11) is 0. The van der Waals surface area contributed by atoms with Crippen LogP contribution in [0.5, 0.6) is 0 Å². The van der Waals surface area contributed by atoms with Crippen molar-refractivity contribution in [1.29, 1.82) is 0 Å². The van der Waals surface area contributed by atoms with Crippen LogP contribution in [0.25, 0.3) is 0 Å². The zero-order valence-corrected chi connectivity index (χ0v) is 8.37. The lowest BCUT2D eigenvalue weighted by Crippen LogP contribution is -2.31. The molecule has 1 aliphatic heterocycles. The predicted molar refractivity (Wildman–Crippen MR) is 53.8 cm³/mol. The standard InChI is InChI=1S/C11H17NO2/c1-2-11(13)12-7-9-6-8-4-3-5-10(8)14-9/h2,8-10H,1,3-7H2,(H,12,13). The normalized spacial score (nSPS) is 35.3. The van der Waals surface area contributed by atoms with Crippen LogP contribution in [0.3, 0.4) is 0 Å². The molecule has 0 radical (unpaired) electrons. The quantitative estimate of drug-likeness (QED) is 0.688. The highest BCUT2D eigenvalue weighted by atomic mass is 16.5. The molecule has 78 valence electrons. The van der Waals surface area contributed by atoms with E-state index in [1.54, 1.807) is 0 Å². The molecule has 2 aliphatic rings. The third-order valence-electron chi connectivity index (χ3n) is 3.21.